The molecule has 0 radical (unpaired) electrons. The molecular weight excluding hydrogens is 417 g/mol. The lowest BCUT2D eigenvalue weighted by Crippen LogP contribution is -2.45. The highest BCUT2D eigenvalue weighted by atomic mass is 31.2. The monoisotopic (exact) mass is 474 g/mol. The summed E-state index contributed by atoms with van der Waals surface area (Å²) in [7, 11) is 2.31. The molecule has 0 aromatic heterocycles. The van der Waals surface area contributed by atoms with Crippen LogP contribution < -0.4 is 0 Å². The second kappa shape index (κ2) is 20.2. The van der Waals surface area contributed by atoms with E-state index in [1.165, 1.54) is 83.5 Å². The maximum atomic E-state index is 12.6. The van der Waals surface area contributed by atoms with Crippen LogP contribution in [0.2, 0.25) is 0 Å². The van der Waals surface area contributed by atoms with E-state index in [9.17, 15) is 9.46 Å². The number of nitrogens with zero attached hydrogens (tertiary/aromatic N) is 1. The zero-order chi connectivity index (χ0) is 24.1. The van der Waals surface area contributed by atoms with Gasteiger partial charge in [-0.1, -0.05) is 103 Å². The fourth-order valence-corrected chi connectivity index (χ4v) is 6.27. The number of hydrogen-bond donors (Lipinski definition) is 1. The van der Waals surface area contributed by atoms with Crippen molar-refractivity contribution in [3.63, 3.8) is 0 Å². The average molecular weight is 475 g/mol. The molecule has 0 bridgehead atoms. The molecule has 0 fully saturated rings. The molecule has 2 unspecified atom stereocenters. The number of allylic oxidation sites excluding steroid dienone is 2. The van der Waals surface area contributed by atoms with E-state index in [1.54, 1.807) is 0 Å². The first-order chi connectivity index (χ1) is 15.3. The molecule has 2 atom stereocenters. The van der Waals surface area contributed by atoms with Crippen LogP contribution in [0.4, 0.5) is 0 Å². The predicted octanol–water partition coefficient (Wildman–Crippen LogP) is 8.84. The van der Waals surface area contributed by atoms with Gasteiger partial charge in [0.2, 0.25) is 0 Å². The molecule has 5 heteroatoms. The van der Waals surface area contributed by atoms with Crippen LogP contribution in [0.1, 0.15) is 129 Å². The topological polar surface area (TPSA) is 46.5 Å². The van der Waals surface area contributed by atoms with E-state index < -0.39 is 7.60 Å². The maximum Gasteiger partial charge on any atom is 0.385 e. The van der Waals surface area contributed by atoms with Gasteiger partial charge in [-0.3, -0.25) is 4.57 Å². The Hall–Kier alpha value is -0.150. The smallest absolute Gasteiger partial charge is 0.320 e. The Balaban J connectivity index is 3.57. The van der Waals surface area contributed by atoms with Gasteiger partial charge in [0, 0.05) is 6.42 Å². The largest absolute Gasteiger partial charge is 0.385 e. The van der Waals surface area contributed by atoms with E-state index in [-0.39, 0.29) is 5.78 Å². The van der Waals surface area contributed by atoms with Crippen molar-refractivity contribution in [3.8, 4) is 0 Å². The third-order valence-electron chi connectivity index (χ3n) is 6.25. The normalized spacial score (nSPS) is 15.3. The number of quaternary nitrogens is 1. The first-order valence-corrected chi connectivity index (χ1v) is 15.3. The van der Waals surface area contributed by atoms with Gasteiger partial charge in [0.25, 0.3) is 0 Å². The summed E-state index contributed by atoms with van der Waals surface area (Å²) in [4.78, 5) is 10.4. The Kier molecular flexibility index (Phi) is 20.1. The van der Waals surface area contributed by atoms with Gasteiger partial charge in [-0.05, 0) is 32.1 Å². The molecule has 32 heavy (non-hydrogen) atoms. The van der Waals surface area contributed by atoms with Crippen molar-refractivity contribution >= 4 is 7.60 Å². The summed E-state index contributed by atoms with van der Waals surface area (Å²) in [5, 5.41) is 0. The molecule has 4 nitrogen and oxygen atoms in total. The summed E-state index contributed by atoms with van der Waals surface area (Å²) in [6, 6.07) is 0. The van der Waals surface area contributed by atoms with Crippen LogP contribution in [0.5, 0.6) is 0 Å². The summed E-state index contributed by atoms with van der Waals surface area (Å²) < 4.78 is 18.6. The third kappa shape index (κ3) is 18.3. The van der Waals surface area contributed by atoms with Crippen LogP contribution in [0.3, 0.4) is 0 Å². The van der Waals surface area contributed by atoms with E-state index >= 15 is 0 Å². The molecule has 0 saturated heterocycles. The summed E-state index contributed by atoms with van der Waals surface area (Å²) in [6.07, 6.45) is 27.1. The van der Waals surface area contributed by atoms with E-state index in [4.69, 9.17) is 4.52 Å². The number of hydrogen-bond acceptors (Lipinski definition) is 2. The minimum Gasteiger partial charge on any atom is -0.320 e. The standard InChI is InChI=1S/C27H56NO3P/c1-6-8-9-10-11-12-13-14-15-16-17-18-19-20-21-22-23-24-26-31-32(29,30)27(25-7-2)28(3,4)5/h21-22,27H,6-20,23-26H2,1-5H3/p+1. The van der Waals surface area contributed by atoms with Crippen LogP contribution in [0.15, 0.2) is 12.2 Å². The summed E-state index contributed by atoms with van der Waals surface area (Å²) in [6.45, 7) is 4.68. The molecule has 0 aliphatic rings. The van der Waals surface area contributed by atoms with Gasteiger partial charge in [-0.2, -0.15) is 0 Å². The number of rotatable bonds is 23. The molecule has 0 aliphatic carbocycles. The Morgan fingerprint density at radius 2 is 1.16 bits per heavy atom. The van der Waals surface area contributed by atoms with E-state index in [0.717, 1.165) is 25.7 Å². The molecule has 0 heterocycles. The second-order valence-corrected chi connectivity index (χ2v) is 12.4. The van der Waals surface area contributed by atoms with Crippen LogP contribution in [-0.4, -0.2) is 42.9 Å². The van der Waals surface area contributed by atoms with Crippen molar-refractivity contribution in [1.29, 1.82) is 0 Å². The minimum absolute atomic E-state index is 0.349. The van der Waals surface area contributed by atoms with Gasteiger partial charge in [0.15, 0.2) is 5.78 Å². The van der Waals surface area contributed by atoms with Crippen molar-refractivity contribution in [3.05, 3.63) is 12.2 Å². The van der Waals surface area contributed by atoms with Gasteiger partial charge in [0.1, 0.15) is 0 Å². The molecule has 0 saturated carbocycles. The van der Waals surface area contributed by atoms with Crippen molar-refractivity contribution in [2.45, 2.75) is 135 Å². The molecular formula is C27H57NO3P+. The fourth-order valence-electron chi connectivity index (χ4n) is 4.24. The molecule has 0 amide bonds. The Bertz CT molecular complexity index is 488. The Labute approximate surface area is 201 Å². The van der Waals surface area contributed by atoms with Gasteiger partial charge in [0.05, 0.1) is 27.7 Å². The molecule has 1 N–H and O–H groups in total. The minimum atomic E-state index is -3.59. The first kappa shape index (κ1) is 31.9. The van der Waals surface area contributed by atoms with Crippen LogP contribution in [0, 0.1) is 0 Å². The molecule has 0 spiro atoms. The Morgan fingerprint density at radius 3 is 1.59 bits per heavy atom. The van der Waals surface area contributed by atoms with Gasteiger partial charge < -0.3 is 13.9 Å². The molecule has 0 aliphatic heterocycles. The fraction of sp³-hybridized carbons (Fsp3) is 0.926. The van der Waals surface area contributed by atoms with Crippen molar-refractivity contribution in [2.24, 2.45) is 0 Å². The lowest BCUT2D eigenvalue weighted by atomic mass is 10.0. The zero-order valence-electron chi connectivity index (χ0n) is 22.3. The average Bonchev–Trinajstić information content (AvgIpc) is 2.72. The third-order valence-corrected chi connectivity index (χ3v) is 8.51. The highest BCUT2D eigenvalue weighted by Crippen LogP contribution is 2.51. The molecule has 192 valence electrons. The van der Waals surface area contributed by atoms with E-state index in [2.05, 4.69) is 19.1 Å². The number of unbranched alkanes of at least 4 members (excludes halogenated alkanes) is 14. The molecule has 0 aromatic rings. The second-order valence-electron chi connectivity index (χ2n) is 10.4. The van der Waals surface area contributed by atoms with Crippen LogP contribution >= 0.6 is 7.60 Å². The summed E-state index contributed by atoms with van der Waals surface area (Å²) in [5.41, 5.74) is 0. The van der Waals surface area contributed by atoms with E-state index in [1.807, 2.05) is 28.1 Å². The summed E-state index contributed by atoms with van der Waals surface area (Å²) in [5.74, 6) is -0.349. The molecule has 0 aromatic carbocycles. The molecule has 0 rings (SSSR count). The summed E-state index contributed by atoms with van der Waals surface area (Å²) >= 11 is 0. The van der Waals surface area contributed by atoms with Gasteiger partial charge in [-0.25, -0.2) is 0 Å². The van der Waals surface area contributed by atoms with Crippen LogP contribution in [0.25, 0.3) is 0 Å². The predicted molar refractivity (Wildman–Crippen MR) is 141 cm³/mol. The SMILES string of the molecule is CCCCCCCCCCCCCCCC=CCCCOP(=O)(O)C(CCC)[N+](C)(C)C. The van der Waals surface area contributed by atoms with Gasteiger partial charge >= 0.3 is 7.60 Å². The van der Waals surface area contributed by atoms with Crippen molar-refractivity contribution in [1.82, 2.24) is 0 Å². The highest BCUT2D eigenvalue weighted by molar-refractivity contribution is 7.53. The Morgan fingerprint density at radius 1 is 0.719 bits per heavy atom. The zero-order valence-corrected chi connectivity index (χ0v) is 23.2. The van der Waals surface area contributed by atoms with Crippen molar-refractivity contribution < 1.29 is 18.5 Å². The highest BCUT2D eigenvalue weighted by Gasteiger charge is 2.41. The first-order valence-electron chi connectivity index (χ1n) is 13.7. The van der Waals surface area contributed by atoms with E-state index in [0.29, 0.717) is 17.5 Å². The van der Waals surface area contributed by atoms with Crippen LogP contribution in [-0.2, 0) is 9.09 Å². The van der Waals surface area contributed by atoms with Gasteiger partial charge in [-0.15, -0.1) is 0 Å². The lowest BCUT2D eigenvalue weighted by Gasteiger charge is -2.35. The lowest BCUT2D eigenvalue weighted by molar-refractivity contribution is -0.883. The quantitative estimate of drug-likeness (QED) is 0.0696. The maximum absolute atomic E-state index is 12.6. The van der Waals surface area contributed by atoms with Crippen molar-refractivity contribution in [2.75, 3.05) is 27.7 Å².